The van der Waals surface area contributed by atoms with Crippen molar-refractivity contribution in [1.29, 1.82) is 0 Å². The molecule has 0 aliphatic heterocycles. The number of methoxy groups -OCH3 is 1. The number of hydrogen-bond acceptors (Lipinski definition) is 3. The van der Waals surface area contributed by atoms with Gasteiger partial charge in [-0.05, 0) is 31.6 Å². The van der Waals surface area contributed by atoms with E-state index in [2.05, 4.69) is 0 Å². The predicted molar refractivity (Wildman–Crippen MR) is 98.9 cm³/mol. The van der Waals surface area contributed by atoms with E-state index in [1.54, 1.807) is 0 Å². The van der Waals surface area contributed by atoms with Crippen molar-refractivity contribution in [1.82, 2.24) is 0 Å². The largest absolute Gasteiger partial charge is 0.469 e. The summed E-state index contributed by atoms with van der Waals surface area (Å²) in [4.78, 5) is 22.4. The fourth-order valence-electron chi connectivity index (χ4n) is 4.06. The lowest BCUT2D eigenvalue weighted by Gasteiger charge is -2.24. The van der Waals surface area contributed by atoms with Crippen molar-refractivity contribution < 1.29 is 14.3 Å². The molecule has 0 aromatic carbocycles. The molecule has 140 valence electrons. The molecule has 0 aromatic heterocycles. The molecule has 2 atom stereocenters. The molecule has 0 saturated heterocycles. The minimum absolute atomic E-state index is 0.0251. The van der Waals surface area contributed by atoms with Gasteiger partial charge in [0.1, 0.15) is 6.29 Å². The van der Waals surface area contributed by atoms with Crippen molar-refractivity contribution in [3.63, 3.8) is 0 Å². The van der Waals surface area contributed by atoms with Gasteiger partial charge in [0.2, 0.25) is 0 Å². The van der Waals surface area contributed by atoms with Crippen LogP contribution in [0.4, 0.5) is 0 Å². The second kappa shape index (κ2) is 14.5. The van der Waals surface area contributed by atoms with Crippen LogP contribution in [-0.2, 0) is 14.3 Å². The fraction of sp³-hybridized carbons (Fsp3) is 0.905. The van der Waals surface area contributed by atoms with Gasteiger partial charge in [-0.3, -0.25) is 4.79 Å². The average molecular weight is 339 g/mol. The summed E-state index contributed by atoms with van der Waals surface area (Å²) in [6.45, 7) is 0. The van der Waals surface area contributed by atoms with Gasteiger partial charge in [0.25, 0.3) is 0 Å². The van der Waals surface area contributed by atoms with Crippen LogP contribution in [0.15, 0.2) is 0 Å². The van der Waals surface area contributed by atoms with Crippen molar-refractivity contribution in [2.75, 3.05) is 7.11 Å². The van der Waals surface area contributed by atoms with Gasteiger partial charge in [-0.25, -0.2) is 0 Å². The molecule has 0 N–H and O–H groups in total. The Balaban J connectivity index is 2.24. The predicted octanol–water partition coefficient (Wildman–Crippen LogP) is 5.85. The van der Waals surface area contributed by atoms with Gasteiger partial charge >= 0.3 is 5.97 Å². The van der Waals surface area contributed by atoms with E-state index < -0.39 is 0 Å². The molecule has 1 saturated carbocycles. The molecule has 0 heterocycles. The highest BCUT2D eigenvalue weighted by Crippen LogP contribution is 2.32. The molecule has 3 nitrogen and oxygen atoms in total. The van der Waals surface area contributed by atoms with Crippen molar-refractivity contribution in [3.8, 4) is 0 Å². The van der Waals surface area contributed by atoms with Gasteiger partial charge in [-0.2, -0.15) is 0 Å². The number of unbranched alkanes of at least 4 members (excludes halogenated alkanes) is 7. The number of ether oxygens (including phenoxy) is 1. The highest BCUT2D eigenvalue weighted by molar-refractivity contribution is 5.72. The third-order valence-electron chi connectivity index (χ3n) is 5.56. The Morgan fingerprint density at radius 2 is 1.46 bits per heavy atom. The van der Waals surface area contributed by atoms with Crippen molar-refractivity contribution >= 4 is 12.3 Å². The first-order chi connectivity index (χ1) is 11.8. The van der Waals surface area contributed by atoms with Crippen LogP contribution in [0.25, 0.3) is 0 Å². The fourth-order valence-corrected chi connectivity index (χ4v) is 4.06. The summed E-state index contributed by atoms with van der Waals surface area (Å²) >= 11 is 0. The van der Waals surface area contributed by atoms with Crippen molar-refractivity contribution in [2.24, 2.45) is 11.8 Å². The highest BCUT2D eigenvalue weighted by Gasteiger charge is 2.28. The standard InChI is InChI=1S/C21H38O3/c1-24-21(23)20-17-13-9-6-8-12-16-19(20)15-11-7-4-2-3-5-10-14-18-22/h18-20H,2-17H2,1H3. The van der Waals surface area contributed by atoms with Crippen LogP contribution in [0.2, 0.25) is 0 Å². The minimum atomic E-state index is 0.0251. The first-order valence-corrected chi connectivity index (χ1v) is 10.3. The maximum Gasteiger partial charge on any atom is 0.308 e. The molecule has 0 aromatic rings. The lowest BCUT2D eigenvalue weighted by molar-refractivity contribution is -0.148. The first-order valence-electron chi connectivity index (χ1n) is 10.3. The quantitative estimate of drug-likeness (QED) is 0.270. The summed E-state index contributed by atoms with van der Waals surface area (Å²) < 4.78 is 5.09. The molecule has 3 heteroatoms. The lowest BCUT2D eigenvalue weighted by atomic mass is 9.81. The van der Waals surface area contributed by atoms with Gasteiger partial charge in [0.05, 0.1) is 13.0 Å². The number of rotatable bonds is 11. The number of carbonyl (C=O) groups excluding carboxylic acids is 2. The Bertz CT molecular complexity index is 327. The van der Waals surface area contributed by atoms with E-state index in [1.165, 1.54) is 90.6 Å². The summed E-state index contributed by atoms with van der Waals surface area (Å²) in [7, 11) is 1.54. The average Bonchev–Trinajstić information content (AvgIpc) is 2.71. The molecular weight excluding hydrogens is 300 g/mol. The van der Waals surface area contributed by atoms with E-state index in [9.17, 15) is 9.59 Å². The number of esters is 1. The van der Waals surface area contributed by atoms with Gasteiger partial charge in [0, 0.05) is 6.42 Å². The molecule has 0 bridgehead atoms. The van der Waals surface area contributed by atoms with Crippen LogP contribution in [0, 0.1) is 11.8 Å². The number of aldehydes is 1. The zero-order valence-corrected chi connectivity index (χ0v) is 15.8. The molecule has 0 spiro atoms. The molecule has 1 fully saturated rings. The Morgan fingerprint density at radius 1 is 0.875 bits per heavy atom. The molecule has 1 rings (SSSR count). The third kappa shape index (κ3) is 9.44. The smallest absolute Gasteiger partial charge is 0.308 e. The van der Waals surface area contributed by atoms with E-state index in [-0.39, 0.29) is 11.9 Å². The van der Waals surface area contributed by atoms with Gasteiger partial charge in [-0.1, -0.05) is 70.6 Å². The second-order valence-electron chi connectivity index (χ2n) is 7.45. The van der Waals surface area contributed by atoms with E-state index in [0.29, 0.717) is 5.92 Å². The summed E-state index contributed by atoms with van der Waals surface area (Å²) in [6.07, 6.45) is 20.1. The SMILES string of the molecule is COC(=O)C1CCCCCCCC1CCCCCCCCCC=O. The van der Waals surface area contributed by atoms with Crippen LogP contribution in [0.1, 0.15) is 103 Å². The van der Waals surface area contributed by atoms with Gasteiger partial charge in [0.15, 0.2) is 0 Å². The zero-order chi connectivity index (χ0) is 17.5. The molecule has 2 unspecified atom stereocenters. The molecule has 1 aliphatic carbocycles. The minimum Gasteiger partial charge on any atom is -0.469 e. The van der Waals surface area contributed by atoms with Crippen LogP contribution < -0.4 is 0 Å². The van der Waals surface area contributed by atoms with E-state index in [1.807, 2.05) is 0 Å². The summed E-state index contributed by atoms with van der Waals surface area (Å²) in [5.41, 5.74) is 0. The molecule has 0 radical (unpaired) electrons. The summed E-state index contributed by atoms with van der Waals surface area (Å²) in [5, 5.41) is 0. The van der Waals surface area contributed by atoms with E-state index in [0.717, 1.165) is 25.5 Å². The maximum absolute atomic E-state index is 12.2. The Labute approximate surface area is 148 Å². The molecule has 24 heavy (non-hydrogen) atoms. The monoisotopic (exact) mass is 338 g/mol. The summed E-state index contributed by atoms with van der Waals surface area (Å²) in [6, 6.07) is 0. The maximum atomic E-state index is 12.2. The first kappa shape index (κ1) is 21.2. The van der Waals surface area contributed by atoms with Crippen LogP contribution in [0.3, 0.4) is 0 Å². The van der Waals surface area contributed by atoms with E-state index >= 15 is 0 Å². The molecular formula is C21H38O3. The number of hydrogen-bond donors (Lipinski definition) is 0. The highest BCUT2D eigenvalue weighted by atomic mass is 16.5. The van der Waals surface area contributed by atoms with Crippen LogP contribution >= 0.6 is 0 Å². The zero-order valence-electron chi connectivity index (χ0n) is 15.8. The lowest BCUT2D eigenvalue weighted by Crippen LogP contribution is -2.25. The Hall–Kier alpha value is -0.860. The Morgan fingerprint density at radius 3 is 2.12 bits per heavy atom. The normalized spacial score (nSPS) is 22.2. The van der Waals surface area contributed by atoms with Gasteiger partial charge < -0.3 is 9.53 Å². The topological polar surface area (TPSA) is 43.4 Å². The third-order valence-corrected chi connectivity index (χ3v) is 5.56. The number of carbonyl (C=O) groups is 2. The Kier molecular flexibility index (Phi) is 12.8. The van der Waals surface area contributed by atoms with Crippen LogP contribution in [0.5, 0.6) is 0 Å². The summed E-state index contributed by atoms with van der Waals surface area (Å²) in [5.74, 6) is 0.691. The van der Waals surface area contributed by atoms with Gasteiger partial charge in [-0.15, -0.1) is 0 Å². The van der Waals surface area contributed by atoms with Crippen LogP contribution in [-0.4, -0.2) is 19.4 Å². The second-order valence-corrected chi connectivity index (χ2v) is 7.45. The van der Waals surface area contributed by atoms with Crippen molar-refractivity contribution in [2.45, 2.75) is 103 Å². The van der Waals surface area contributed by atoms with E-state index in [4.69, 9.17) is 4.74 Å². The molecule has 1 aliphatic rings. The molecule has 0 amide bonds. The van der Waals surface area contributed by atoms with Crippen molar-refractivity contribution in [3.05, 3.63) is 0 Å².